The molecule has 0 aromatic carbocycles. The van der Waals surface area contributed by atoms with Crippen LogP contribution < -0.4 is 5.32 Å². The number of amides is 1. The van der Waals surface area contributed by atoms with Crippen LogP contribution >= 0.6 is 11.3 Å². The van der Waals surface area contributed by atoms with E-state index in [4.69, 9.17) is 4.74 Å². The van der Waals surface area contributed by atoms with Crippen molar-refractivity contribution >= 4 is 28.2 Å². The SMILES string of the molecule is CCOC(=O)c1ccsc1NC(=O)C(C)C. The number of hydrogen-bond donors (Lipinski definition) is 1. The van der Waals surface area contributed by atoms with Gasteiger partial charge in [-0.2, -0.15) is 0 Å². The molecule has 1 N–H and O–H groups in total. The first-order chi connectivity index (χ1) is 7.56. The van der Waals surface area contributed by atoms with Crippen LogP contribution in [0.25, 0.3) is 0 Å². The number of carbonyl (C=O) groups is 2. The summed E-state index contributed by atoms with van der Waals surface area (Å²) in [6, 6.07) is 1.65. The van der Waals surface area contributed by atoms with Crippen LogP contribution in [0.1, 0.15) is 31.1 Å². The van der Waals surface area contributed by atoms with Crippen molar-refractivity contribution in [3.8, 4) is 0 Å². The Morgan fingerprint density at radius 3 is 2.75 bits per heavy atom. The van der Waals surface area contributed by atoms with Gasteiger partial charge in [-0.05, 0) is 18.4 Å². The van der Waals surface area contributed by atoms with E-state index in [0.717, 1.165) is 0 Å². The van der Waals surface area contributed by atoms with Gasteiger partial charge in [0.25, 0.3) is 0 Å². The molecular formula is C11H15NO3S. The average molecular weight is 241 g/mol. The van der Waals surface area contributed by atoms with Gasteiger partial charge in [0.15, 0.2) is 0 Å². The maximum absolute atomic E-state index is 11.5. The highest BCUT2D eigenvalue weighted by Crippen LogP contribution is 2.24. The molecule has 1 aromatic heterocycles. The number of esters is 1. The normalized spacial score (nSPS) is 10.2. The maximum Gasteiger partial charge on any atom is 0.341 e. The summed E-state index contributed by atoms with van der Waals surface area (Å²) in [5.74, 6) is -0.618. The van der Waals surface area contributed by atoms with E-state index < -0.39 is 5.97 Å². The van der Waals surface area contributed by atoms with Crippen molar-refractivity contribution in [2.24, 2.45) is 5.92 Å². The summed E-state index contributed by atoms with van der Waals surface area (Å²) < 4.78 is 4.89. The van der Waals surface area contributed by atoms with Crippen LogP contribution in [0, 0.1) is 5.92 Å². The Morgan fingerprint density at radius 1 is 1.50 bits per heavy atom. The van der Waals surface area contributed by atoms with Gasteiger partial charge in [-0.15, -0.1) is 11.3 Å². The van der Waals surface area contributed by atoms with Crippen molar-refractivity contribution in [1.29, 1.82) is 0 Å². The van der Waals surface area contributed by atoms with Gasteiger partial charge in [-0.1, -0.05) is 13.8 Å². The van der Waals surface area contributed by atoms with E-state index in [1.807, 2.05) is 0 Å². The number of ether oxygens (including phenoxy) is 1. The minimum Gasteiger partial charge on any atom is -0.462 e. The first kappa shape index (κ1) is 12.7. The van der Waals surface area contributed by atoms with Gasteiger partial charge in [0.2, 0.25) is 5.91 Å². The minimum absolute atomic E-state index is 0.104. The number of thiophene rings is 1. The third-order valence-corrected chi connectivity index (χ3v) is 2.75. The molecule has 4 nitrogen and oxygen atoms in total. The lowest BCUT2D eigenvalue weighted by molar-refractivity contribution is -0.118. The molecule has 0 radical (unpaired) electrons. The summed E-state index contributed by atoms with van der Waals surface area (Å²) in [5, 5.41) is 5.01. The van der Waals surface area contributed by atoms with Gasteiger partial charge < -0.3 is 10.1 Å². The van der Waals surface area contributed by atoms with Gasteiger partial charge in [0.1, 0.15) is 5.00 Å². The van der Waals surface area contributed by atoms with Gasteiger partial charge in [0, 0.05) is 5.92 Å². The summed E-state index contributed by atoms with van der Waals surface area (Å²) in [4.78, 5) is 23.0. The van der Waals surface area contributed by atoms with E-state index in [1.54, 1.807) is 32.2 Å². The van der Waals surface area contributed by atoms with Crippen molar-refractivity contribution in [3.63, 3.8) is 0 Å². The molecular weight excluding hydrogens is 226 g/mol. The van der Waals surface area contributed by atoms with Crippen LogP contribution in [0.3, 0.4) is 0 Å². The van der Waals surface area contributed by atoms with Crippen LogP contribution in [0.15, 0.2) is 11.4 Å². The second-order valence-corrected chi connectivity index (χ2v) is 4.44. The smallest absolute Gasteiger partial charge is 0.341 e. The standard InChI is InChI=1S/C11H15NO3S/c1-4-15-11(14)8-5-6-16-10(8)12-9(13)7(2)3/h5-7H,4H2,1-3H3,(H,12,13). The number of nitrogens with one attached hydrogen (secondary N) is 1. The Morgan fingerprint density at radius 2 is 2.19 bits per heavy atom. The van der Waals surface area contributed by atoms with Gasteiger partial charge in [0.05, 0.1) is 12.2 Å². The van der Waals surface area contributed by atoms with Crippen LogP contribution in [-0.4, -0.2) is 18.5 Å². The monoisotopic (exact) mass is 241 g/mol. The Balaban J connectivity index is 2.78. The second kappa shape index (κ2) is 5.65. The lowest BCUT2D eigenvalue weighted by Crippen LogP contribution is -2.18. The Hall–Kier alpha value is -1.36. The van der Waals surface area contributed by atoms with E-state index in [1.165, 1.54) is 11.3 Å². The highest BCUT2D eigenvalue weighted by atomic mass is 32.1. The average Bonchev–Trinajstić information content (AvgIpc) is 2.66. The molecule has 0 saturated heterocycles. The molecule has 0 aliphatic rings. The lowest BCUT2D eigenvalue weighted by Gasteiger charge is -2.07. The summed E-state index contributed by atoms with van der Waals surface area (Å²) >= 11 is 1.32. The molecule has 0 unspecified atom stereocenters. The molecule has 16 heavy (non-hydrogen) atoms. The third-order valence-electron chi connectivity index (χ3n) is 1.92. The molecule has 0 saturated carbocycles. The predicted octanol–water partition coefficient (Wildman–Crippen LogP) is 2.52. The van der Waals surface area contributed by atoms with E-state index in [2.05, 4.69) is 5.32 Å². The van der Waals surface area contributed by atoms with E-state index in [-0.39, 0.29) is 11.8 Å². The molecule has 0 bridgehead atoms. The number of carbonyl (C=O) groups excluding carboxylic acids is 2. The molecule has 0 fully saturated rings. The minimum atomic E-state index is -0.400. The Labute approximate surface area is 98.6 Å². The largest absolute Gasteiger partial charge is 0.462 e. The summed E-state index contributed by atoms with van der Waals surface area (Å²) in [6.07, 6.45) is 0. The van der Waals surface area contributed by atoms with Crippen LogP contribution in [0.5, 0.6) is 0 Å². The predicted molar refractivity (Wildman–Crippen MR) is 63.7 cm³/mol. The van der Waals surface area contributed by atoms with E-state index in [0.29, 0.717) is 17.2 Å². The highest BCUT2D eigenvalue weighted by molar-refractivity contribution is 7.14. The Kier molecular flexibility index (Phi) is 4.49. The zero-order chi connectivity index (χ0) is 12.1. The molecule has 1 aromatic rings. The molecule has 5 heteroatoms. The number of hydrogen-bond acceptors (Lipinski definition) is 4. The fourth-order valence-corrected chi connectivity index (χ4v) is 1.81. The quantitative estimate of drug-likeness (QED) is 0.824. The maximum atomic E-state index is 11.5. The second-order valence-electron chi connectivity index (χ2n) is 3.53. The van der Waals surface area contributed by atoms with E-state index >= 15 is 0 Å². The van der Waals surface area contributed by atoms with Crippen LogP contribution in [-0.2, 0) is 9.53 Å². The number of rotatable bonds is 4. The van der Waals surface area contributed by atoms with Crippen molar-refractivity contribution in [2.75, 3.05) is 11.9 Å². The molecule has 1 heterocycles. The van der Waals surface area contributed by atoms with Crippen molar-refractivity contribution < 1.29 is 14.3 Å². The zero-order valence-corrected chi connectivity index (χ0v) is 10.4. The summed E-state index contributed by atoms with van der Waals surface area (Å²) in [5.41, 5.74) is 0.417. The lowest BCUT2D eigenvalue weighted by atomic mass is 10.2. The zero-order valence-electron chi connectivity index (χ0n) is 9.57. The van der Waals surface area contributed by atoms with Crippen molar-refractivity contribution in [1.82, 2.24) is 0 Å². The molecule has 1 amide bonds. The first-order valence-electron chi connectivity index (χ1n) is 5.11. The van der Waals surface area contributed by atoms with Gasteiger partial charge in [-0.25, -0.2) is 4.79 Å². The highest BCUT2D eigenvalue weighted by Gasteiger charge is 2.16. The van der Waals surface area contributed by atoms with Crippen molar-refractivity contribution in [3.05, 3.63) is 17.0 Å². The molecule has 0 aliphatic heterocycles. The van der Waals surface area contributed by atoms with Gasteiger partial charge in [-0.3, -0.25) is 4.79 Å². The number of anilines is 1. The van der Waals surface area contributed by atoms with Crippen LogP contribution in [0.2, 0.25) is 0 Å². The van der Waals surface area contributed by atoms with Gasteiger partial charge >= 0.3 is 5.97 Å². The molecule has 1 rings (SSSR count). The molecule has 88 valence electrons. The first-order valence-corrected chi connectivity index (χ1v) is 5.99. The molecule has 0 atom stereocenters. The van der Waals surface area contributed by atoms with E-state index in [9.17, 15) is 9.59 Å². The summed E-state index contributed by atoms with van der Waals surface area (Å²) in [6.45, 7) is 5.67. The summed E-state index contributed by atoms with van der Waals surface area (Å²) in [7, 11) is 0. The molecule has 0 spiro atoms. The Bertz CT molecular complexity index is 384. The topological polar surface area (TPSA) is 55.4 Å². The van der Waals surface area contributed by atoms with Crippen LogP contribution in [0.4, 0.5) is 5.00 Å². The fourth-order valence-electron chi connectivity index (χ4n) is 1.03. The van der Waals surface area contributed by atoms with Crippen molar-refractivity contribution in [2.45, 2.75) is 20.8 Å². The fraction of sp³-hybridized carbons (Fsp3) is 0.455. The molecule has 0 aliphatic carbocycles. The third kappa shape index (κ3) is 3.06.